The standard InChI is InChI=1S/C21H22ClNO4S/c1-3-5-12-27-20-11-6-16(14-21(20)26-4-2)13-19(15-23)28(24,25)18-9-7-17(22)8-10-18/h6-11,13-14H,3-5,12H2,1-2H3/b19-13+. The van der Waals surface area contributed by atoms with Crippen molar-refractivity contribution in [3.63, 3.8) is 0 Å². The summed E-state index contributed by atoms with van der Waals surface area (Å²) in [6, 6.07) is 12.5. The molecule has 7 heteroatoms. The lowest BCUT2D eigenvalue weighted by atomic mass is 10.2. The van der Waals surface area contributed by atoms with Gasteiger partial charge in [-0.3, -0.25) is 0 Å². The molecule has 0 fully saturated rings. The largest absolute Gasteiger partial charge is 0.490 e. The van der Waals surface area contributed by atoms with Crippen LogP contribution in [0.1, 0.15) is 32.3 Å². The predicted molar refractivity (Wildman–Crippen MR) is 110 cm³/mol. The lowest BCUT2D eigenvalue weighted by Crippen LogP contribution is -2.04. The van der Waals surface area contributed by atoms with Crippen LogP contribution in [-0.2, 0) is 9.84 Å². The van der Waals surface area contributed by atoms with Crippen molar-refractivity contribution in [2.75, 3.05) is 13.2 Å². The number of hydrogen-bond donors (Lipinski definition) is 0. The van der Waals surface area contributed by atoms with E-state index in [4.69, 9.17) is 21.1 Å². The highest BCUT2D eigenvalue weighted by atomic mass is 35.5. The molecule has 0 amide bonds. The minimum absolute atomic E-state index is 0.00857. The van der Waals surface area contributed by atoms with Gasteiger partial charge in [-0.2, -0.15) is 5.26 Å². The zero-order chi connectivity index (χ0) is 20.6. The third-order valence-electron chi connectivity index (χ3n) is 3.84. The summed E-state index contributed by atoms with van der Waals surface area (Å²) in [7, 11) is -3.95. The van der Waals surface area contributed by atoms with Crippen LogP contribution in [0, 0.1) is 11.3 Å². The minimum Gasteiger partial charge on any atom is -0.490 e. The van der Waals surface area contributed by atoms with Gasteiger partial charge in [0.2, 0.25) is 9.84 Å². The SMILES string of the molecule is CCCCOc1ccc(/C=C(\C#N)S(=O)(=O)c2ccc(Cl)cc2)cc1OCC. The Labute approximate surface area is 171 Å². The van der Waals surface area contributed by atoms with Crippen molar-refractivity contribution in [2.24, 2.45) is 0 Å². The number of nitrogens with zero attached hydrogens (tertiary/aromatic N) is 1. The van der Waals surface area contributed by atoms with Gasteiger partial charge in [-0.05, 0) is 61.4 Å². The molecule has 5 nitrogen and oxygen atoms in total. The molecule has 28 heavy (non-hydrogen) atoms. The smallest absolute Gasteiger partial charge is 0.216 e. The molecule has 2 aromatic rings. The molecule has 0 aromatic heterocycles. The molecule has 0 spiro atoms. The maximum atomic E-state index is 12.7. The first kappa shape index (κ1) is 21.8. The molecule has 0 bridgehead atoms. The Balaban J connectivity index is 2.39. The van der Waals surface area contributed by atoms with Gasteiger partial charge < -0.3 is 9.47 Å². The average molecular weight is 420 g/mol. The predicted octanol–water partition coefficient (Wildman–Crippen LogP) is 5.26. The van der Waals surface area contributed by atoms with Crippen molar-refractivity contribution >= 4 is 27.5 Å². The number of halogens is 1. The highest BCUT2D eigenvalue weighted by Gasteiger charge is 2.21. The summed E-state index contributed by atoms with van der Waals surface area (Å²) >= 11 is 5.81. The van der Waals surface area contributed by atoms with Crippen molar-refractivity contribution in [3.05, 3.63) is 58.0 Å². The van der Waals surface area contributed by atoms with E-state index in [1.807, 2.05) is 6.92 Å². The molecular weight excluding hydrogens is 398 g/mol. The lowest BCUT2D eigenvalue weighted by molar-refractivity contribution is 0.272. The van der Waals surface area contributed by atoms with Crippen LogP contribution in [0.3, 0.4) is 0 Å². The zero-order valence-corrected chi connectivity index (χ0v) is 17.4. The second-order valence-corrected chi connectivity index (χ2v) is 8.27. The molecule has 148 valence electrons. The molecular formula is C21H22ClNO4S. The number of allylic oxidation sites excluding steroid dienone is 1. The Morgan fingerprint density at radius 1 is 1.11 bits per heavy atom. The van der Waals surface area contributed by atoms with Gasteiger partial charge in [0.1, 0.15) is 11.0 Å². The first-order chi connectivity index (χ1) is 13.4. The highest BCUT2D eigenvalue weighted by Crippen LogP contribution is 2.31. The third-order valence-corrected chi connectivity index (χ3v) is 5.78. The van der Waals surface area contributed by atoms with Crippen molar-refractivity contribution < 1.29 is 17.9 Å². The number of benzene rings is 2. The normalized spacial score (nSPS) is 11.7. The van der Waals surface area contributed by atoms with Gasteiger partial charge in [0.25, 0.3) is 0 Å². The van der Waals surface area contributed by atoms with E-state index in [9.17, 15) is 13.7 Å². The summed E-state index contributed by atoms with van der Waals surface area (Å²) in [5.41, 5.74) is 0.528. The molecule has 0 aliphatic carbocycles. The van der Waals surface area contributed by atoms with Gasteiger partial charge >= 0.3 is 0 Å². The summed E-state index contributed by atoms with van der Waals surface area (Å²) in [6.07, 6.45) is 3.26. The van der Waals surface area contributed by atoms with E-state index in [2.05, 4.69) is 6.92 Å². The van der Waals surface area contributed by atoms with Crippen LogP contribution in [-0.4, -0.2) is 21.6 Å². The van der Waals surface area contributed by atoms with Crippen LogP contribution in [0.2, 0.25) is 5.02 Å². The zero-order valence-electron chi connectivity index (χ0n) is 15.8. The van der Waals surface area contributed by atoms with Gasteiger partial charge in [-0.25, -0.2) is 8.42 Å². The van der Waals surface area contributed by atoms with E-state index in [0.29, 0.717) is 35.3 Å². The molecule has 0 aliphatic heterocycles. The minimum atomic E-state index is -3.95. The van der Waals surface area contributed by atoms with Crippen LogP contribution in [0.5, 0.6) is 11.5 Å². The van der Waals surface area contributed by atoms with Gasteiger partial charge in [0.15, 0.2) is 11.5 Å². The fourth-order valence-corrected chi connectivity index (χ4v) is 3.68. The van der Waals surface area contributed by atoms with E-state index in [1.165, 1.54) is 30.3 Å². The Hall–Kier alpha value is -2.49. The van der Waals surface area contributed by atoms with Gasteiger partial charge in [0, 0.05) is 5.02 Å². The van der Waals surface area contributed by atoms with Crippen molar-refractivity contribution in [2.45, 2.75) is 31.6 Å². The van der Waals surface area contributed by atoms with E-state index in [1.54, 1.807) is 24.3 Å². The fourth-order valence-electron chi connectivity index (χ4n) is 2.39. The Bertz CT molecular complexity index is 976. The summed E-state index contributed by atoms with van der Waals surface area (Å²) in [5, 5.41) is 9.85. The fraction of sp³-hybridized carbons (Fsp3) is 0.286. The van der Waals surface area contributed by atoms with Crippen LogP contribution in [0.25, 0.3) is 6.08 Å². The Morgan fingerprint density at radius 2 is 1.82 bits per heavy atom. The molecule has 0 radical (unpaired) electrons. The molecule has 2 aromatic carbocycles. The van der Waals surface area contributed by atoms with Crippen LogP contribution in [0.4, 0.5) is 0 Å². The monoisotopic (exact) mass is 419 g/mol. The van der Waals surface area contributed by atoms with Crippen molar-refractivity contribution in [1.29, 1.82) is 5.26 Å². The number of hydrogen-bond acceptors (Lipinski definition) is 5. The maximum absolute atomic E-state index is 12.7. The second-order valence-electron chi connectivity index (χ2n) is 5.92. The number of nitriles is 1. The molecule has 0 N–H and O–H groups in total. The molecule has 0 atom stereocenters. The number of sulfone groups is 1. The second kappa shape index (κ2) is 10.2. The third kappa shape index (κ3) is 5.51. The van der Waals surface area contributed by atoms with E-state index in [0.717, 1.165) is 12.8 Å². The van der Waals surface area contributed by atoms with Gasteiger partial charge in [-0.1, -0.05) is 31.0 Å². The summed E-state index contributed by atoms with van der Waals surface area (Å²) in [5.74, 6) is 1.10. The van der Waals surface area contributed by atoms with Crippen molar-refractivity contribution in [3.8, 4) is 17.6 Å². The highest BCUT2D eigenvalue weighted by molar-refractivity contribution is 7.95. The first-order valence-electron chi connectivity index (χ1n) is 8.94. The number of ether oxygens (including phenoxy) is 2. The van der Waals surface area contributed by atoms with Crippen LogP contribution < -0.4 is 9.47 Å². The number of unbranched alkanes of at least 4 members (excludes halogenated alkanes) is 1. The Morgan fingerprint density at radius 3 is 2.43 bits per heavy atom. The maximum Gasteiger partial charge on any atom is 0.216 e. The summed E-state index contributed by atoms with van der Waals surface area (Å²) in [6.45, 7) is 4.93. The first-order valence-corrected chi connectivity index (χ1v) is 10.8. The van der Waals surface area contributed by atoms with Gasteiger partial charge in [0.05, 0.1) is 18.1 Å². The summed E-state index contributed by atoms with van der Waals surface area (Å²) < 4.78 is 36.8. The Kier molecular flexibility index (Phi) is 7.91. The molecule has 0 saturated heterocycles. The molecule has 2 rings (SSSR count). The van der Waals surface area contributed by atoms with Crippen molar-refractivity contribution in [1.82, 2.24) is 0 Å². The van der Waals surface area contributed by atoms with Crippen LogP contribution in [0.15, 0.2) is 52.3 Å². The van der Waals surface area contributed by atoms with E-state index < -0.39 is 9.84 Å². The topological polar surface area (TPSA) is 76.4 Å². The average Bonchev–Trinajstić information content (AvgIpc) is 2.68. The van der Waals surface area contributed by atoms with E-state index in [-0.39, 0.29) is 9.80 Å². The molecule has 0 unspecified atom stereocenters. The molecule has 0 saturated carbocycles. The van der Waals surface area contributed by atoms with Gasteiger partial charge in [-0.15, -0.1) is 0 Å². The van der Waals surface area contributed by atoms with E-state index >= 15 is 0 Å². The quantitative estimate of drug-likeness (QED) is 0.409. The molecule has 0 heterocycles. The summed E-state index contributed by atoms with van der Waals surface area (Å²) in [4.78, 5) is -0.355. The van der Waals surface area contributed by atoms with Crippen LogP contribution >= 0.6 is 11.6 Å². The number of rotatable bonds is 9. The molecule has 0 aliphatic rings. The lowest BCUT2D eigenvalue weighted by Gasteiger charge is -2.12.